The molecule has 4 atom stereocenters. The summed E-state index contributed by atoms with van der Waals surface area (Å²) >= 11 is 0. The molecule has 3 aliphatic heterocycles. The summed E-state index contributed by atoms with van der Waals surface area (Å²) in [6.45, 7) is 3.16. The first kappa shape index (κ1) is 28.0. The number of aryl methyl sites for hydroxylation is 1. The molecule has 0 aromatic heterocycles. The lowest BCUT2D eigenvalue weighted by atomic mass is 9.86. The maximum absolute atomic E-state index is 12.1. The highest BCUT2D eigenvalue weighted by molar-refractivity contribution is 6.11. The van der Waals surface area contributed by atoms with Crippen LogP contribution >= 0.6 is 0 Å². The second-order valence-electron chi connectivity index (χ2n) is 10.3. The van der Waals surface area contributed by atoms with Crippen molar-refractivity contribution >= 4 is 16.6 Å². The van der Waals surface area contributed by atoms with Gasteiger partial charge in [0.1, 0.15) is 35.6 Å². The number of fused-ring (bicyclic) bond motifs is 4. The van der Waals surface area contributed by atoms with E-state index in [0.717, 1.165) is 17.5 Å². The van der Waals surface area contributed by atoms with E-state index in [1.807, 2.05) is 13.0 Å². The van der Waals surface area contributed by atoms with Crippen LogP contribution in [0.3, 0.4) is 0 Å². The summed E-state index contributed by atoms with van der Waals surface area (Å²) in [5.74, 6) is -0.746. The molecular weight excluding hydrogens is 512 g/mol. The highest BCUT2D eigenvalue weighted by Gasteiger charge is 2.67. The molecule has 0 saturated carbocycles. The van der Waals surface area contributed by atoms with Crippen molar-refractivity contribution in [3.63, 3.8) is 0 Å². The molecule has 11 heteroatoms. The molecular formula is C28H36O11. The van der Waals surface area contributed by atoms with Crippen LogP contribution in [0.25, 0.3) is 10.8 Å². The van der Waals surface area contributed by atoms with E-state index in [2.05, 4.69) is 0 Å². The molecule has 4 aliphatic rings. The summed E-state index contributed by atoms with van der Waals surface area (Å²) < 4.78 is 39.3. The van der Waals surface area contributed by atoms with E-state index in [1.165, 1.54) is 0 Å². The van der Waals surface area contributed by atoms with Crippen molar-refractivity contribution in [2.75, 3.05) is 47.8 Å². The van der Waals surface area contributed by atoms with Crippen molar-refractivity contribution < 1.29 is 53.3 Å². The van der Waals surface area contributed by atoms with E-state index >= 15 is 0 Å². The van der Waals surface area contributed by atoms with Crippen molar-refractivity contribution in [3.8, 4) is 17.2 Å². The topological polar surface area (TPSA) is 142 Å². The second kappa shape index (κ2) is 11.2. The third-order valence-corrected chi connectivity index (χ3v) is 7.82. The van der Waals surface area contributed by atoms with Crippen molar-refractivity contribution in [3.05, 3.63) is 28.8 Å². The summed E-state index contributed by atoms with van der Waals surface area (Å²) in [6, 6.07) is 3.42. The summed E-state index contributed by atoms with van der Waals surface area (Å²) in [4.78, 5) is 12.1. The number of Topliss-reactive ketones (excluding diaryl/α,β-unsaturated/α-hetero) is 1. The minimum absolute atomic E-state index is 0.00882. The van der Waals surface area contributed by atoms with Gasteiger partial charge in [-0.2, -0.15) is 0 Å². The lowest BCUT2D eigenvalue weighted by Gasteiger charge is -2.41. The third kappa shape index (κ3) is 4.65. The number of ether oxygens (including phenoxy) is 7. The minimum atomic E-state index is -1.07. The Morgan fingerprint density at radius 1 is 1.05 bits per heavy atom. The monoisotopic (exact) mass is 548 g/mol. The molecule has 4 unspecified atom stereocenters. The first-order valence-corrected chi connectivity index (χ1v) is 13.1. The molecule has 3 saturated heterocycles. The quantitative estimate of drug-likeness (QED) is 0.506. The van der Waals surface area contributed by atoms with E-state index in [0.29, 0.717) is 54.7 Å². The zero-order valence-corrected chi connectivity index (χ0v) is 22.6. The number of phenols is 2. The molecule has 0 amide bonds. The second-order valence-corrected chi connectivity index (χ2v) is 10.3. The number of methoxy groups -OCH3 is 3. The molecule has 0 spiro atoms. The number of ketones is 1. The SMILES string of the molecule is COC1C2COC(C3OCC(CO)CO3)(O2)C1OC.COc1c2c(c(O)c3c(O)cc(C)cc13)C(=O)CCC2. The molecule has 2 aromatic carbocycles. The number of hydrogen-bond donors (Lipinski definition) is 3. The smallest absolute Gasteiger partial charge is 0.251 e. The number of rotatable bonds is 5. The van der Waals surface area contributed by atoms with Crippen LogP contribution in [0.15, 0.2) is 12.1 Å². The van der Waals surface area contributed by atoms with E-state index in [-0.39, 0.29) is 42.0 Å². The third-order valence-electron chi connectivity index (χ3n) is 7.82. The lowest BCUT2D eigenvalue weighted by molar-refractivity contribution is -0.357. The van der Waals surface area contributed by atoms with Crippen LogP contribution in [0.4, 0.5) is 0 Å². The van der Waals surface area contributed by atoms with E-state index < -0.39 is 18.2 Å². The van der Waals surface area contributed by atoms with Crippen LogP contribution in [0.1, 0.15) is 34.3 Å². The van der Waals surface area contributed by atoms with Crippen molar-refractivity contribution in [2.45, 2.75) is 56.6 Å². The Morgan fingerprint density at radius 3 is 2.44 bits per heavy atom. The van der Waals surface area contributed by atoms with Crippen LogP contribution in [0, 0.1) is 12.8 Å². The van der Waals surface area contributed by atoms with Gasteiger partial charge >= 0.3 is 0 Å². The number of aromatic hydroxyl groups is 2. The Hall–Kier alpha value is -2.51. The molecule has 0 radical (unpaired) electrons. The van der Waals surface area contributed by atoms with Crippen LogP contribution < -0.4 is 4.74 Å². The summed E-state index contributed by atoms with van der Waals surface area (Å²) in [5.41, 5.74) is 1.92. The maximum atomic E-state index is 12.1. The zero-order chi connectivity index (χ0) is 27.9. The van der Waals surface area contributed by atoms with Gasteiger partial charge in [0.25, 0.3) is 5.79 Å². The molecule has 3 N–H and O–H groups in total. The number of aliphatic hydroxyl groups excluding tert-OH is 1. The Bertz CT molecular complexity index is 1220. The van der Waals surface area contributed by atoms with Crippen molar-refractivity contribution in [1.29, 1.82) is 0 Å². The molecule has 2 aromatic rings. The molecule has 6 rings (SSSR count). The highest BCUT2D eigenvalue weighted by atomic mass is 16.8. The molecule has 39 heavy (non-hydrogen) atoms. The average Bonchev–Trinajstić information content (AvgIpc) is 3.51. The van der Waals surface area contributed by atoms with Crippen molar-refractivity contribution in [2.24, 2.45) is 5.92 Å². The van der Waals surface area contributed by atoms with Crippen molar-refractivity contribution in [1.82, 2.24) is 0 Å². The fourth-order valence-corrected chi connectivity index (χ4v) is 6.03. The lowest BCUT2D eigenvalue weighted by Crippen LogP contribution is -2.60. The van der Waals surface area contributed by atoms with Gasteiger partial charge in [0.2, 0.25) is 6.29 Å². The molecule has 2 bridgehead atoms. The summed E-state index contributed by atoms with van der Waals surface area (Å²) in [7, 11) is 4.76. The number of hydrogen-bond acceptors (Lipinski definition) is 11. The standard InChI is InChI=1S/C16H16O4.C12H20O7/c1-8-6-10-14(12(18)7-8)15(19)13-9(16(10)20-2)4-3-5-11(13)17;1-14-9-8-6-18-12(19-8,10(9)15-2)11-16-4-7(3-13)5-17-11/h6-7,18-19H,3-5H2,1-2H3;7-11,13H,3-6H2,1-2H3. The van der Waals surface area contributed by atoms with Gasteiger partial charge in [-0.3, -0.25) is 4.79 Å². The maximum Gasteiger partial charge on any atom is 0.251 e. The predicted molar refractivity (Wildman–Crippen MR) is 137 cm³/mol. The van der Waals surface area contributed by atoms with Crippen LogP contribution in [0.5, 0.6) is 17.2 Å². The van der Waals surface area contributed by atoms with E-state index in [9.17, 15) is 15.0 Å². The Labute approximate surface area is 226 Å². The van der Waals surface area contributed by atoms with Gasteiger partial charge in [0.15, 0.2) is 5.78 Å². The molecule has 3 heterocycles. The van der Waals surface area contributed by atoms with Crippen LogP contribution in [0.2, 0.25) is 0 Å². The molecule has 214 valence electrons. The van der Waals surface area contributed by atoms with Gasteiger partial charge in [-0.1, -0.05) is 0 Å². The Morgan fingerprint density at radius 2 is 1.79 bits per heavy atom. The largest absolute Gasteiger partial charge is 0.507 e. The van der Waals surface area contributed by atoms with Gasteiger partial charge < -0.3 is 48.5 Å². The van der Waals surface area contributed by atoms with E-state index in [4.69, 9.17) is 38.3 Å². The minimum Gasteiger partial charge on any atom is -0.507 e. The Kier molecular flexibility index (Phi) is 8.03. The van der Waals surface area contributed by atoms with Gasteiger partial charge in [-0.05, 0) is 37.5 Å². The van der Waals surface area contributed by atoms with Gasteiger partial charge in [-0.15, -0.1) is 0 Å². The van der Waals surface area contributed by atoms with Gasteiger partial charge in [-0.25, -0.2) is 0 Å². The number of carbonyl (C=O) groups excluding carboxylic acids is 1. The molecule has 1 aliphatic carbocycles. The highest BCUT2D eigenvalue weighted by Crippen LogP contribution is 2.47. The summed E-state index contributed by atoms with van der Waals surface area (Å²) in [5, 5.41) is 30.6. The Balaban J connectivity index is 0.000000158. The fourth-order valence-electron chi connectivity index (χ4n) is 6.03. The van der Waals surface area contributed by atoms with Crippen LogP contribution in [-0.4, -0.2) is 99.2 Å². The normalized spacial score (nSPS) is 31.6. The first-order chi connectivity index (χ1) is 18.8. The number of carbonyl (C=O) groups is 1. The fraction of sp³-hybridized carbons (Fsp3) is 0.607. The number of benzene rings is 2. The number of aliphatic hydroxyl groups is 1. The van der Waals surface area contributed by atoms with E-state index in [1.54, 1.807) is 27.4 Å². The predicted octanol–water partition coefficient (Wildman–Crippen LogP) is 2.21. The number of phenolic OH excluding ortho intramolecular Hbond substituents is 2. The van der Waals surface area contributed by atoms with Gasteiger partial charge in [0, 0.05) is 37.5 Å². The molecule has 3 fully saturated rings. The first-order valence-electron chi connectivity index (χ1n) is 13.1. The molecule has 11 nitrogen and oxygen atoms in total. The summed E-state index contributed by atoms with van der Waals surface area (Å²) in [6.07, 6.45) is 0.450. The average molecular weight is 549 g/mol. The zero-order valence-electron chi connectivity index (χ0n) is 22.6. The van der Waals surface area contributed by atoms with Gasteiger partial charge in [0.05, 0.1) is 44.5 Å². The van der Waals surface area contributed by atoms with Crippen LogP contribution in [-0.2, 0) is 34.8 Å².